The first kappa shape index (κ1) is 54.4. The van der Waals surface area contributed by atoms with E-state index < -0.39 is 45.8 Å². The third kappa shape index (κ3) is 42.8. The van der Waals surface area contributed by atoms with Crippen LogP contribution in [0.2, 0.25) is 0 Å². The van der Waals surface area contributed by atoms with Crippen molar-refractivity contribution in [2.24, 2.45) is 0 Å². The zero-order chi connectivity index (χ0) is 41.8. The largest absolute Gasteiger partial charge is 0.472 e. The van der Waals surface area contributed by atoms with Gasteiger partial charge in [-0.15, -0.1) is 0 Å². The molecule has 3 atom stereocenters. The summed E-state index contributed by atoms with van der Waals surface area (Å²) in [6, 6.07) is 0. The van der Waals surface area contributed by atoms with Gasteiger partial charge in [-0.25, -0.2) is 4.57 Å². The number of hydrogen-bond donors (Lipinski definition) is 3. The molecule has 0 bridgehead atoms. The van der Waals surface area contributed by atoms with Crippen molar-refractivity contribution in [2.75, 3.05) is 33.0 Å². The fourth-order valence-electron chi connectivity index (χ4n) is 5.23. The number of aliphatic hydroxyl groups excluding tert-OH is 2. The molecule has 0 saturated carbocycles. The Morgan fingerprint density at radius 1 is 0.561 bits per heavy atom. The van der Waals surface area contributed by atoms with E-state index in [2.05, 4.69) is 98.9 Å². The maximum absolute atomic E-state index is 12.6. The summed E-state index contributed by atoms with van der Waals surface area (Å²) >= 11 is 0. The standard InChI is InChI=1S/C47H79O9P/c1-3-5-7-9-11-13-15-17-19-21-22-23-25-27-29-31-33-35-37-39-47(50)56-46(44-55-57(51,52)54-42-45(49)41-48)43-53-40-38-36-34-32-30-28-26-24-20-18-16-14-12-10-8-6-4-2/h5,7,11,13-14,16-17,19-20,22-24,27,29,33,35,45-46,48-49H,3-4,6,8-10,12,15,18,21,25-26,28,30-32,34,36-44H2,1-2H3,(H,51,52)/b7-5-,13-11-,16-14-,19-17-,23-22-,24-20-,29-27-,35-33-. The molecule has 0 rings (SSSR count). The first-order chi connectivity index (χ1) is 27.8. The topological polar surface area (TPSA) is 132 Å². The smallest absolute Gasteiger partial charge is 0.457 e. The molecule has 57 heavy (non-hydrogen) atoms. The number of allylic oxidation sites excluding steroid dienone is 16. The van der Waals surface area contributed by atoms with Gasteiger partial charge in [0.1, 0.15) is 12.2 Å². The van der Waals surface area contributed by atoms with Crippen molar-refractivity contribution in [3.05, 3.63) is 97.2 Å². The molecule has 0 aromatic heterocycles. The quantitative estimate of drug-likeness (QED) is 0.0239. The lowest BCUT2D eigenvalue weighted by Crippen LogP contribution is -2.29. The molecule has 0 aromatic rings. The number of unbranched alkanes of at least 4 members (excludes halogenated alkanes) is 10. The van der Waals surface area contributed by atoms with Gasteiger partial charge in [-0.1, -0.05) is 156 Å². The van der Waals surface area contributed by atoms with Gasteiger partial charge in [-0.3, -0.25) is 13.8 Å². The van der Waals surface area contributed by atoms with Gasteiger partial charge in [-0.05, 0) is 83.5 Å². The molecule has 0 spiro atoms. The van der Waals surface area contributed by atoms with E-state index in [1.807, 2.05) is 12.2 Å². The van der Waals surface area contributed by atoms with Crippen molar-refractivity contribution in [1.82, 2.24) is 0 Å². The Morgan fingerprint density at radius 2 is 1.00 bits per heavy atom. The Bertz CT molecular complexity index is 1200. The summed E-state index contributed by atoms with van der Waals surface area (Å²) in [5, 5.41) is 18.3. The maximum Gasteiger partial charge on any atom is 0.472 e. The highest BCUT2D eigenvalue weighted by atomic mass is 31.2. The second-order valence-corrected chi connectivity index (χ2v) is 15.4. The van der Waals surface area contributed by atoms with Gasteiger partial charge < -0.3 is 24.6 Å². The SMILES string of the molecule is CC/C=C\C/C=C\C/C=C\C/C=C\C/C=C\C/C=C\CCC(=O)OC(COCCCCCCCC/C=C\C/C=C\CCCCCC)COP(=O)(O)OCC(O)CO. The first-order valence-corrected chi connectivity index (χ1v) is 23.2. The van der Waals surface area contributed by atoms with Crippen molar-refractivity contribution in [3.8, 4) is 0 Å². The van der Waals surface area contributed by atoms with Crippen LogP contribution in [0, 0.1) is 0 Å². The van der Waals surface area contributed by atoms with Crippen molar-refractivity contribution in [1.29, 1.82) is 0 Å². The normalized spacial score (nSPS) is 15.0. The minimum absolute atomic E-state index is 0.00525. The highest BCUT2D eigenvalue weighted by Gasteiger charge is 2.26. The van der Waals surface area contributed by atoms with E-state index in [1.54, 1.807) is 0 Å². The van der Waals surface area contributed by atoms with Crippen LogP contribution in [0.4, 0.5) is 0 Å². The average Bonchev–Trinajstić information content (AvgIpc) is 3.20. The van der Waals surface area contributed by atoms with Crippen LogP contribution in [0.5, 0.6) is 0 Å². The second-order valence-electron chi connectivity index (χ2n) is 14.0. The number of ether oxygens (including phenoxy) is 2. The molecule has 326 valence electrons. The third-order valence-corrected chi connectivity index (χ3v) is 9.47. The van der Waals surface area contributed by atoms with E-state index in [0.717, 1.165) is 70.6 Å². The lowest BCUT2D eigenvalue weighted by atomic mass is 10.1. The van der Waals surface area contributed by atoms with Crippen LogP contribution in [-0.4, -0.2) is 66.3 Å². The van der Waals surface area contributed by atoms with Crippen LogP contribution in [0.25, 0.3) is 0 Å². The van der Waals surface area contributed by atoms with Gasteiger partial charge in [0.25, 0.3) is 0 Å². The number of phosphoric acid groups is 1. The molecular weight excluding hydrogens is 739 g/mol. The van der Waals surface area contributed by atoms with Crippen molar-refractivity contribution >= 4 is 13.8 Å². The van der Waals surface area contributed by atoms with Crippen molar-refractivity contribution < 1.29 is 43.0 Å². The van der Waals surface area contributed by atoms with E-state index in [4.69, 9.17) is 23.6 Å². The molecule has 0 saturated heterocycles. The lowest BCUT2D eigenvalue weighted by Gasteiger charge is -2.20. The summed E-state index contributed by atoms with van der Waals surface area (Å²) in [7, 11) is -4.55. The molecule has 0 aliphatic rings. The van der Waals surface area contributed by atoms with Gasteiger partial charge in [0.2, 0.25) is 0 Å². The summed E-state index contributed by atoms with van der Waals surface area (Å²) in [6.07, 6.45) is 53.8. The molecule has 3 N–H and O–H groups in total. The van der Waals surface area contributed by atoms with Gasteiger partial charge in [0.05, 0.1) is 26.4 Å². The molecule has 0 amide bonds. The lowest BCUT2D eigenvalue weighted by molar-refractivity contribution is -0.154. The Kier molecular flexibility index (Phi) is 41.0. The van der Waals surface area contributed by atoms with Crippen LogP contribution >= 0.6 is 7.82 Å². The molecule has 0 aliphatic heterocycles. The zero-order valence-corrected chi connectivity index (χ0v) is 36.4. The monoisotopic (exact) mass is 819 g/mol. The first-order valence-electron chi connectivity index (χ1n) is 21.7. The van der Waals surface area contributed by atoms with Gasteiger partial charge in [-0.2, -0.15) is 0 Å². The van der Waals surface area contributed by atoms with E-state index in [1.165, 1.54) is 51.4 Å². The van der Waals surface area contributed by atoms with Gasteiger partial charge in [0, 0.05) is 13.0 Å². The molecule has 0 aromatic carbocycles. The number of carbonyl (C=O) groups is 1. The summed E-state index contributed by atoms with van der Waals surface area (Å²) < 4.78 is 33.3. The van der Waals surface area contributed by atoms with Crippen molar-refractivity contribution in [2.45, 2.75) is 161 Å². The molecule has 0 aliphatic carbocycles. The van der Waals surface area contributed by atoms with Gasteiger partial charge >= 0.3 is 13.8 Å². The molecule has 10 heteroatoms. The van der Waals surface area contributed by atoms with Crippen LogP contribution in [0.3, 0.4) is 0 Å². The van der Waals surface area contributed by atoms with Crippen LogP contribution < -0.4 is 0 Å². The molecule has 9 nitrogen and oxygen atoms in total. The average molecular weight is 819 g/mol. The summed E-state index contributed by atoms with van der Waals surface area (Å²) in [5.41, 5.74) is 0. The zero-order valence-electron chi connectivity index (χ0n) is 35.5. The second kappa shape index (κ2) is 43.0. The molecule has 3 unspecified atom stereocenters. The molecular formula is C47H79O9P. The number of hydrogen-bond acceptors (Lipinski definition) is 8. The number of carbonyl (C=O) groups excluding carboxylic acids is 1. The fourth-order valence-corrected chi connectivity index (χ4v) is 6.02. The van der Waals surface area contributed by atoms with E-state index in [-0.39, 0.29) is 13.0 Å². The van der Waals surface area contributed by atoms with Crippen molar-refractivity contribution in [3.63, 3.8) is 0 Å². The maximum atomic E-state index is 12.6. The molecule has 0 fully saturated rings. The number of esters is 1. The van der Waals surface area contributed by atoms with Crippen LogP contribution in [0.15, 0.2) is 97.2 Å². The number of aliphatic hydroxyl groups is 2. The highest BCUT2D eigenvalue weighted by Crippen LogP contribution is 2.43. The van der Waals surface area contributed by atoms with Crippen LogP contribution in [0.1, 0.15) is 149 Å². The fraction of sp³-hybridized carbons (Fsp3) is 0.638. The minimum atomic E-state index is -4.55. The Morgan fingerprint density at radius 3 is 1.51 bits per heavy atom. The Balaban J connectivity index is 4.35. The van der Waals surface area contributed by atoms with E-state index in [0.29, 0.717) is 13.0 Å². The Labute approximate surface area is 347 Å². The highest BCUT2D eigenvalue weighted by molar-refractivity contribution is 7.47. The summed E-state index contributed by atoms with van der Waals surface area (Å²) in [6.45, 7) is 3.23. The third-order valence-electron chi connectivity index (χ3n) is 8.52. The van der Waals surface area contributed by atoms with E-state index in [9.17, 15) is 19.4 Å². The Hall–Kier alpha value is -2.62. The predicted molar refractivity (Wildman–Crippen MR) is 237 cm³/mol. The van der Waals surface area contributed by atoms with E-state index >= 15 is 0 Å². The predicted octanol–water partition coefficient (Wildman–Crippen LogP) is 12.1. The van der Waals surface area contributed by atoms with Gasteiger partial charge in [0.15, 0.2) is 0 Å². The number of phosphoric ester groups is 1. The summed E-state index contributed by atoms with van der Waals surface area (Å²) in [5.74, 6) is -0.472. The molecule has 0 radical (unpaired) electrons. The summed E-state index contributed by atoms with van der Waals surface area (Å²) in [4.78, 5) is 22.5. The minimum Gasteiger partial charge on any atom is -0.457 e. The molecule has 0 heterocycles. The number of rotatable bonds is 40. The van der Waals surface area contributed by atoms with Crippen LogP contribution in [-0.2, 0) is 27.9 Å².